The molecular formula is C20H22FN5O4. The van der Waals surface area contributed by atoms with Crippen molar-refractivity contribution in [2.24, 2.45) is 5.73 Å². The molecule has 1 aromatic carbocycles. The Morgan fingerprint density at radius 3 is 2.63 bits per heavy atom. The molecule has 10 heteroatoms. The Kier molecular flexibility index (Phi) is 6.20. The van der Waals surface area contributed by atoms with Crippen molar-refractivity contribution in [3.05, 3.63) is 35.2 Å². The van der Waals surface area contributed by atoms with Crippen molar-refractivity contribution in [3.8, 4) is 6.07 Å². The van der Waals surface area contributed by atoms with Crippen LogP contribution in [0.15, 0.2) is 29.3 Å². The highest BCUT2D eigenvalue weighted by atomic mass is 19.1. The molecule has 0 bridgehead atoms. The molecule has 3 rings (SSSR count). The van der Waals surface area contributed by atoms with Gasteiger partial charge in [0.05, 0.1) is 24.5 Å². The Morgan fingerprint density at radius 2 is 2.07 bits per heavy atom. The van der Waals surface area contributed by atoms with Gasteiger partial charge in [0, 0.05) is 20.0 Å². The highest BCUT2D eigenvalue weighted by molar-refractivity contribution is 5.96. The monoisotopic (exact) mass is 415 g/mol. The fourth-order valence-electron chi connectivity index (χ4n) is 3.59. The Labute approximate surface area is 172 Å². The van der Waals surface area contributed by atoms with Crippen LogP contribution in [0, 0.1) is 17.1 Å². The zero-order valence-electron chi connectivity index (χ0n) is 16.5. The smallest absolute Gasteiger partial charge is 0.414 e. The van der Waals surface area contributed by atoms with Crippen LogP contribution in [-0.2, 0) is 14.3 Å². The number of carbonyl (C=O) groups excluding carboxylic acids is 3. The van der Waals surface area contributed by atoms with Crippen molar-refractivity contribution < 1.29 is 23.5 Å². The Morgan fingerprint density at radius 1 is 1.37 bits per heavy atom. The number of piperidine rings is 1. The quantitative estimate of drug-likeness (QED) is 0.549. The van der Waals surface area contributed by atoms with Crippen molar-refractivity contribution >= 4 is 29.3 Å². The van der Waals surface area contributed by atoms with Crippen LogP contribution in [-0.4, -0.2) is 50.2 Å². The number of halogens is 1. The molecule has 2 aliphatic rings. The average molecular weight is 415 g/mol. The molecule has 0 aliphatic carbocycles. The van der Waals surface area contributed by atoms with Crippen LogP contribution in [0.4, 0.5) is 20.6 Å². The molecular weight excluding hydrogens is 393 g/mol. The summed E-state index contributed by atoms with van der Waals surface area (Å²) in [7, 11) is 0. The first-order valence-corrected chi connectivity index (χ1v) is 9.49. The van der Waals surface area contributed by atoms with E-state index < -0.39 is 23.9 Å². The molecule has 2 fully saturated rings. The van der Waals surface area contributed by atoms with E-state index in [1.165, 1.54) is 17.9 Å². The second kappa shape index (κ2) is 8.82. The van der Waals surface area contributed by atoms with E-state index in [1.807, 2.05) is 11.0 Å². The molecule has 3 amide bonds. The van der Waals surface area contributed by atoms with Crippen molar-refractivity contribution in [2.45, 2.75) is 25.9 Å². The van der Waals surface area contributed by atoms with Gasteiger partial charge in [-0.05, 0) is 36.6 Å². The lowest BCUT2D eigenvalue weighted by molar-refractivity contribution is -0.119. The first kappa shape index (κ1) is 21.1. The molecule has 0 radical (unpaired) electrons. The SMILES string of the molecule is CC(=O)NC[C@H]1CN(c2ccc(N3CCC(=C(C#N)C(N)=O)CC3)c(F)c2)C(=O)O1. The number of ether oxygens (including phenoxy) is 1. The molecule has 0 spiro atoms. The molecule has 0 aromatic heterocycles. The van der Waals surface area contributed by atoms with Crippen molar-refractivity contribution in [2.75, 3.05) is 36.0 Å². The van der Waals surface area contributed by atoms with Gasteiger partial charge >= 0.3 is 6.09 Å². The molecule has 2 saturated heterocycles. The summed E-state index contributed by atoms with van der Waals surface area (Å²) >= 11 is 0. The Hall–Kier alpha value is -3.61. The van der Waals surface area contributed by atoms with Gasteiger partial charge in [0.25, 0.3) is 5.91 Å². The number of amides is 3. The minimum atomic E-state index is -0.745. The van der Waals surface area contributed by atoms with Crippen LogP contribution < -0.4 is 20.9 Å². The summed E-state index contributed by atoms with van der Waals surface area (Å²) in [5, 5.41) is 11.7. The lowest BCUT2D eigenvalue weighted by atomic mass is 9.97. The summed E-state index contributed by atoms with van der Waals surface area (Å²) < 4.78 is 20.0. The fourth-order valence-corrected chi connectivity index (χ4v) is 3.59. The molecule has 1 aromatic rings. The van der Waals surface area contributed by atoms with E-state index in [1.54, 1.807) is 12.1 Å². The van der Waals surface area contributed by atoms with Crippen LogP contribution >= 0.6 is 0 Å². The number of cyclic esters (lactones) is 1. The number of anilines is 2. The van der Waals surface area contributed by atoms with Gasteiger partial charge in [-0.2, -0.15) is 5.26 Å². The number of hydrogen-bond acceptors (Lipinski definition) is 6. The molecule has 0 unspecified atom stereocenters. The predicted octanol–water partition coefficient (Wildman–Crippen LogP) is 1.19. The highest BCUT2D eigenvalue weighted by Crippen LogP contribution is 2.31. The second-order valence-electron chi connectivity index (χ2n) is 7.13. The van der Waals surface area contributed by atoms with E-state index >= 15 is 0 Å². The number of nitrogens with zero attached hydrogens (tertiary/aromatic N) is 3. The van der Waals surface area contributed by atoms with Gasteiger partial charge in [0.1, 0.15) is 23.6 Å². The topological polar surface area (TPSA) is 129 Å². The number of hydrogen-bond donors (Lipinski definition) is 2. The summed E-state index contributed by atoms with van der Waals surface area (Å²) in [6, 6.07) is 6.33. The minimum Gasteiger partial charge on any atom is -0.442 e. The largest absolute Gasteiger partial charge is 0.442 e. The molecule has 9 nitrogen and oxygen atoms in total. The maximum Gasteiger partial charge on any atom is 0.414 e. The summed E-state index contributed by atoms with van der Waals surface area (Å²) in [4.78, 5) is 37.6. The Bertz CT molecular complexity index is 945. The number of rotatable bonds is 5. The third-order valence-corrected chi connectivity index (χ3v) is 5.12. The van der Waals surface area contributed by atoms with Gasteiger partial charge in [-0.3, -0.25) is 14.5 Å². The molecule has 1 atom stereocenters. The van der Waals surface area contributed by atoms with Crippen molar-refractivity contribution in [1.29, 1.82) is 5.26 Å². The van der Waals surface area contributed by atoms with E-state index in [0.29, 0.717) is 42.9 Å². The average Bonchev–Trinajstić information content (AvgIpc) is 3.08. The molecule has 30 heavy (non-hydrogen) atoms. The third-order valence-electron chi connectivity index (χ3n) is 5.12. The maximum atomic E-state index is 14.8. The molecule has 3 N–H and O–H groups in total. The molecule has 0 saturated carbocycles. The molecule has 2 aliphatic heterocycles. The van der Waals surface area contributed by atoms with E-state index in [4.69, 9.17) is 15.7 Å². The number of carbonyl (C=O) groups is 3. The van der Waals surface area contributed by atoms with Crippen LogP contribution in [0.25, 0.3) is 0 Å². The van der Waals surface area contributed by atoms with Gasteiger partial charge in [0.2, 0.25) is 5.91 Å². The normalized spacial score (nSPS) is 18.6. The minimum absolute atomic E-state index is 0.0215. The van der Waals surface area contributed by atoms with Gasteiger partial charge in [-0.25, -0.2) is 9.18 Å². The molecule has 158 valence electrons. The van der Waals surface area contributed by atoms with Crippen LogP contribution in [0.5, 0.6) is 0 Å². The van der Waals surface area contributed by atoms with Crippen LogP contribution in [0.1, 0.15) is 19.8 Å². The van der Waals surface area contributed by atoms with Gasteiger partial charge in [-0.1, -0.05) is 0 Å². The highest BCUT2D eigenvalue weighted by Gasteiger charge is 2.33. The molecule has 2 heterocycles. The number of nitrogens with two attached hydrogens (primary N) is 1. The van der Waals surface area contributed by atoms with E-state index in [0.717, 1.165) is 0 Å². The number of nitrogens with one attached hydrogen (secondary N) is 1. The summed E-state index contributed by atoms with van der Waals surface area (Å²) in [6.07, 6.45) is -0.219. The number of nitriles is 1. The van der Waals surface area contributed by atoms with Gasteiger partial charge in [0.15, 0.2) is 0 Å². The first-order chi connectivity index (χ1) is 14.3. The first-order valence-electron chi connectivity index (χ1n) is 9.49. The van der Waals surface area contributed by atoms with E-state index in [9.17, 15) is 18.8 Å². The summed E-state index contributed by atoms with van der Waals surface area (Å²) in [5.74, 6) is -1.46. The zero-order chi connectivity index (χ0) is 21.8. The predicted molar refractivity (Wildman–Crippen MR) is 106 cm³/mol. The van der Waals surface area contributed by atoms with Crippen molar-refractivity contribution in [3.63, 3.8) is 0 Å². The second-order valence-corrected chi connectivity index (χ2v) is 7.13. The summed E-state index contributed by atoms with van der Waals surface area (Å²) in [5.41, 5.74) is 6.62. The standard InChI is InChI=1S/C20H22FN5O4/c1-12(27)24-10-15-11-26(20(29)30-15)14-2-3-18(17(21)8-14)25-6-4-13(5-7-25)16(9-22)19(23)28/h2-3,8,15H,4-7,10-11H2,1H3,(H2,23,28)(H,24,27)/t15-/m0/s1. The lowest BCUT2D eigenvalue weighted by Gasteiger charge is -2.31. The zero-order valence-corrected chi connectivity index (χ0v) is 16.5. The van der Waals surface area contributed by atoms with Crippen LogP contribution in [0.3, 0.4) is 0 Å². The van der Waals surface area contributed by atoms with Crippen LogP contribution in [0.2, 0.25) is 0 Å². The lowest BCUT2D eigenvalue weighted by Crippen LogP contribution is -2.33. The van der Waals surface area contributed by atoms with E-state index in [-0.39, 0.29) is 24.6 Å². The summed E-state index contributed by atoms with van der Waals surface area (Å²) in [6.45, 7) is 2.65. The number of primary amides is 1. The van der Waals surface area contributed by atoms with Gasteiger partial charge < -0.3 is 20.7 Å². The van der Waals surface area contributed by atoms with Crippen molar-refractivity contribution in [1.82, 2.24) is 5.32 Å². The maximum absolute atomic E-state index is 14.8. The number of benzene rings is 1. The fraction of sp³-hybridized carbons (Fsp3) is 0.400. The Balaban J connectivity index is 1.68. The van der Waals surface area contributed by atoms with Gasteiger partial charge in [-0.15, -0.1) is 0 Å². The third kappa shape index (κ3) is 4.51. The van der Waals surface area contributed by atoms with E-state index in [2.05, 4.69) is 5.32 Å².